The second-order valence-corrected chi connectivity index (χ2v) is 5.86. The average Bonchev–Trinajstić information content (AvgIpc) is 2.73. The van der Waals surface area contributed by atoms with Gasteiger partial charge in [0.25, 0.3) is 0 Å². The average molecular weight is 364 g/mol. The van der Waals surface area contributed by atoms with E-state index in [-0.39, 0.29) is 0 Å². The van der Waals surface area contributed by atoms with Crippen molar-refractivity contribution in [2.75, 3.05) is 27.3 Å². The van der Waals surface area contributed by atoms with Gasteiger partial charge in [-0.15, -0.1) is 0 Å². The van der Waals surface area contributed by atoms with E-state index in [1.54, 1.807) is 14.2 Å². The Morgan fingerprint density at radius 2 is 1.78 bits per heavy atom. The number of aliphatic imine (C=N–C) groups is 1. The van der Waals surface area contributed by atoms with E-state index in [0.717, 1.165) is 22.6 Å². The van der Waals surface area contributed by atoms with Crippen LogP contribution >= 0.6 is 0 Å². The Kier molecular flexibility index (Phi) is 6.46. The van der Waals surface area contributed by atoms with E-state index in [2.05, 4.69) is 32.7 Å². The van der Waals surface area contributed by atoms with Crippen LogP contribution in [0.1, 0.15) is 5.69 Å². The summed E-state index contributed by atoms with van der Waals surface area (Å²) in [6, 6.07) is 17.8. The highest BCUT2D eigenvalue weighted by Gasteiger charge is 2.04. The lowest BCUT2D eigenvalue weighted by Crippen LogP contribution is -2.39. The van der Waals surface area contributed by atoms with E-state index in [0.29, 0.717) is 25.7 Å². The molecular weight excluding hydrogens is 340 g/mol. The zero-order valence-electron chi connectivity index (χ0n) is 15.6. The lowest BCUT2D eigenvalue weighted by Gasteiger charge is -2.13. The molecule has 0 bridgehead atoms. The molecule has 0 aliphatic carbocycles. The van der Waals surface area contributed by atoms with Gasteiger partial charge < -0.3 is 20.1 Å². The highest BCUT2D eigenvalue weighted by molar-refractivity contribution is 5.85. The Morgan fingerprint density at radius 3 is 2.56 bits per heavy atom. The summed E-state index contributed by atoms with van der Waals surface area (Å²) < 4.78 is 10.8. The van der Waals surface area contributed by atoms with Gasteiger partial charge in [-0.05, 0) is 35.7 Å². The Morgan fingerprint density at radius 1 is 1.00 bits per heavy atom. The largest absolute Gasteiger partial charge is 0.497 e. The number of fused-ring (bicyclic) bond motifs is 1. The van der Waals surface area contributed by atoms with Gasteiger partial charge in [0.15, 0.2) is 5.96 Å². The molecule has 0 atom stereocenters. The van der Waals surface area contributed by atoms with Crippen molar-refractivity contribution < 1.29 is 9.47 Å². The van der Waals surface area contributed by atoms with Crippen molar-refractivity contribution in [1.29, 1.82) is 0 Å². The molecule has 0 spiro atoms. The molecular formula is C21H24N4O2. The molecule has 1 aromatic heterocycles. The molecule has 0 saturated heterocycles. The molecule has 0 fully saturated rings. The zero-order chi connectivity index (χ0) is 18.9. The normalized spacial score (nSPS) is 11.3. The van der Waals surface area contributed by atoms with Crippen molar-refractivity contribution in [1.82, 2.24) is 15.6 Å². The van der Waals surface area contributed by atoms with E-state index >= 15 is 0 Å². The van der Waals surface area contributed by atoms with E-state index in [1.165, 1.54) is 5.39 Å². The summed E-state index contributed by atoms with van der Waals surface area (Å²) in [7, 11) is 3.39. The van der Waals surface area contributed by atoms with Crippen LogP contribution in [0.15, 0.2) is 65.8 Å². The topological polar surface area (TPSA) is 67.8 Å². The van der Waals surface area contributed by atoms with Crippen molar-refractivity contribution in [3.8, 4) is 11.5 Å². The summed E-state index contributed by atoms with van der Waals surface area (Å²) in [4.78, 5) is 8.73. The van der Waals surface area contributed by atoms with Crippen LogP contribution < -0.4 is 20.1 Å². The monoisotopic (exact) mass is 364 g/mol. The van der Waals surface area contributed by atoms with Gasteiger partial charge in [0.1, 0.15) is 18.1 Å². The number of aromatic nitrogens is 1. The second-order valence-electron chi connectivity index (χ2n) is 5.86. The quantitative estimate of drug-likeness (QED) is 0.383. The summed E-state index contributed by atoms with van der Waals surface area (Å²) in [5, 5.41) is 8.86. The van der Waals surface area contributed by atoms with Crippen molar-refractivity contribution >= 4 is 16.7 Å². The number of methoxy groups -OCH3 is 1. The molecule has 0 aliphatic rings. The van der Waals surface area contributed by atoms with Crippen LogP contribution in [0.4, 0.5) is 0 Å². The van der Waals surface area contributed by atoms with Crippen molar-refractivity contribution in [3.63, 3.8) is 0 Å². The van der Waals surface area contributed by atoms with Gasteiger partial charge in [-0.25, -0.2) is 0 Å². The Balaban J connectivity index is 1.46. The SMILES string of the molecule is CN=C(NCCOc1ccc(OC)cc1)NCc1nccc2ccccc12. The smallest absolute Gasteiger partial charge is 0.191 e. The molecule has 0 aliphatic heterocycles. The first-order chi connectivity index (χ1) is 13.3. The lowest BCUT2D eigenvalue weighted by molar-refractivity contribution is 0.321. The first-order valence-electron chi connectivity index (χ1n) is 8.84. The zero-order valence-corrected chi connectivity index (χ0v) is 15.6. The molecule has 0 amide bonds. The standard InChI is InChI=1S/C21H24N4O2/c1-22-21(24-13-14-27-18-9-7-17(26-2)8-10-18)25-15-20-19-6-4-3-5-16(19)11-12-23-20/h3-12H,13-15H2,1-2H3,(H2,22,24,25). The van der Waals surface area contributed by atoms with Gasteiger partial charge in [-0.3, -0.25) is 9.98 Å². The number of guanidine groups is 1. The van der Waals surface area contributed by atoms with Crippen molar-refractivity contribution in [3.05, 3.63) is 66.5 Å². The van der Waals surface area contributed by atoms with Crippen LogP contribution in [0.3, 0.4) is 0 Å². The minimum atomic E-state index is 0.527. The van der Waals surface area contributed by atoms with Gasteiger partial charge in [0, 0.05) is 18.6 Å². The van der Waals surface area contributed by atoms with Gasteiger partial charge in [-0.2, -0.15) is 0 Å². The third-order valence-corrected chi connectivity index (χ3v) is 4.13. The van der Waals surface area contributed by atoms with Crippen molar-refractivity contribution in [2.45, 2.75) is 6.54 Å². The number of nitrogens with zero attached hydrogens (tertiary/aromatic N) is 2. The fraction of sp³-hybridized carbons (Fsp3) is 0.238. The first-order valence-corrected chi connectivity index (χ1v) is 8.84. The maximum absolute atomic E-state index is 5.71. The number of ether oxygens (including phenoxy) is 2. The van der Waals surface area contributed by atoms with E-state index < -0.39 is 0 Å². The molecule has 0 radical (unpaired) electrons. The third-order valence-electron chi connectivity index (χ3n) is 4.13. The Bertz CT molecular complexity index is 889. The summed E-state index contributed by atoms with van der Waals surface area (Å²) in [5.74, 6) is 2.33. The Hall–Kier alpha value is -3.28. The van der Waals surface area contributed by atoms with Gasteiger partial charge in [0.2, 0.25) is 0 Å². The lowest BCUT2D eigenvalue weighted by atomic mass is 10.1. The third kappa shape index (κ3) is 5.10. The Labute approximate surface area is 159 Å². The molecule has 1 heterocycles. The predicted octanol–water partition coefficient (Wildman–Crippen LogP) is 2.99. The van der Waals surface area contributed by atoms with Gasteiger partial charge >= 0.3 is 0 Å². The number of nitrogens with one attached hydrogen (secondary N) is 2. The van der Waals surface area contributed by atoms with Crippen LogP contribution in [0.25, 0.3) is 10.8 Å². The molecule has 6 nitrogen and oxygen atoms in total. The molecule has 27 heavy (non-hydrogen) atoms. The van der Waals surface area contributed by atoms with Crippen LogP contribution in [0.5, 0.6) is 11.5 Å². The maximum Gasteiger partial charge on any atom is 0.191 e. The number of pyridine rings is 1. The highest BCUT2D eigenvalue weighted by Crippen LogP contribution is 2.17. The summed E-state index contributed by atoms with van der Waals surface area (Å²) in [6.07, 6.45) is 1.83. The summed E-state index contributed by atoms with van der Waals surface area (Å²) in [6.45, 7) is 1.76. The first kappa shape index (κ1) is 18.5. The van der Waals surface area contributed by atoms with E-state index in [4.69, 9.17) is 9.47 Å². The van der Waals surface area contributed by atoms with Crippen LogP contribution in [-0.4, -0.2) is 38.3 Å². The fourth-order valence-electron chi connectivity index (χ4n) is 2.72. The van der Waals surface area contributed by atoms with Crippen LogP contribution in [0, 0.1) is 0 Å². The van der Waals surface area contributed by atoms with E-state index in [9.17, 15) is 0 Å². The van der Waals surface area contributed by atoms with Crippen molar-refractivity contribution in [2.24, 2.45) is 4.99 Å². The maximum atomic E-state index is 5.71. The molecule has 0 saturated carbocycles. The minimum Gasteiger partial charge on any atom is -0.497 e. The van der Waals surface area contributed by atoms with Gasteiger partial charge in [-0.1, -0.05) is 24.3 Å². The molecule has 2 aromatic carbocycles. The summed E-state index contributed by atoms with van der Waals surface area (Å²) >= 11 is 0. The van der Waals surface area contributed by atoms with E-state index in [1.807, 2.05) is 48.7 Å². The predicted molar refractivity (Wildman–Crippen MR) is 108 cm³/mol. The number of hydrogen-bond acceptors (Lipinski definition) is 4. The molecule has 140 valence electrons. The molecule has 3 rings (SSSR count). The van der Waals surface area contributed by atoms with Crippen LogP contribution in [0.2, 0.25) is 0 Å². The molecule has 6 heteroatoms. The molecule has 3 aromatic rings. The number of rotatable bonds is 7. The number of hydrogen-bond donors (Lipinski definition) is 2. The highest BCUT2D eigenvalue weighted by atomic mass is 16.5. The molecule has 0 unspecified atom stereocenters. The second kappa shape index (κ2) is 9.43. The fourth-order valence-corrected chi connectivity index (χ4v) is 2.72. The number of benzene rings is 2. The molecule has 2 N–H and O–H groups in total. The van der Waals surface area contributed by atoms with Gasteiger partial charge in [0.05, 0.1) is 25.9 Å². The minimum absolute atomic E-state index is 0.527. The summed E-state index contributed by atoms with van der Waals surface area (Å²) in [5.41, 5.74) is 0.991. The van der Waals surface area contributed by atoms with Crippen LogP contribution in [-0.2, 0) is 6.54 Å².